The first-order chi connectivity index (χ1) is 23.4. The predicted molar refractivity (Wildman–Crippen MR) is 203 cm³/mol. The molecule has 4 aromatic carbocycles. The Balaban J connectivity index is 0.000000208. The Labute approximate surface area is 306 Å². The first-order valence-corrected chi connectivity index (χ1v) is 24.6. The van der Waals surface area contributed by atoms with Gasteiger partial charge in [0.1, 0.15) is 5.58 Å². The Morgan fingerprint density at radius 2 is 1.53 bits per heavy atom. The molecule has 1 aliphatic rings. The number of nitrogens with zero attached hydrogens (tertiary/aromatic N) is 2. The van der Waals surface area contributed by atoms with Crippen molar-refractivity contribution >= 4 is 39.6 Å². The van der Waals surface area contributed by atoms with Crippen molar-refractivity contribution in [1.29, 1.82) is 0 Å². The summed E-state index contributed by atoms with van der Waals surface area (Å²) in [5.41, 5.74) is 9.44. The first-order valence-electron chi connectivity index (χ1n) is 17.2. The molecule has 7 aromatic rings. The maximum Gasteiger partial charge on any atom is 0.123 e. The van der Waals surface area contributed by atoms with Crippen molar-refractivity contribution in [3.05, 3.63) is 139 Å². The van der Waals surface area contributed by atoms with E-state index in [4.69, 9.17) is 9.40 Å². The van der Waals surface area contributed by atoms with E-state index in [1.165, 1.54) is 53.2 Å². The smallest absolute Gasteiger partial charge is 0.123 e. The normalized spacial score (nSPS) is 13.4. The van der Waals surface area contributed by atoms with Crippen LogP contribution >= 0.6 is 0 Å². The maximum atomic E-state index is 6.25. The van der Waals surface area contributed by atoms with Crippen molar-refractivity contribution in [2.24, 2.45) is 5.92 Å². The van der Waals surface area contributed by atoms with Crippen LogP contribution in [0.2, 0.25) is 17.3 Å². The molecule has 0 atom stereocenters. The van der Waals surface area contributed by atoms with Crippen molar-refractivity contribution in [3.8, 4) is 33.6 Å². The molecule has 8 rings (SSSR count). The van der Waals surface area contributed by atoms with Crippen molar-refractivity contribution in [2.75, 3.05) is 0 Å². The number of para-hydroxylation sites is 1. The molecule has 1 saturated carbocycles. The second-order valence-corrected chi connectivity index (χ2v) is 24.6. The Hall–Kier alpha value is -3.83. The van der Waals surface area contributed by atoms with E-state index in [9.17, 15) is 0 Å². The number of rotatable bonds is 6. The molecule has 49 heavy (non-hydrogen) atoms. The van der Waals surface area contributed by atoms with Gasteiger partial charge in [-0.25, -0.2) is 0 Å². The molecule has 1 radical (unpaired) electrons. The van der Waals surface area contributed by atoms with Gasteiger partial charge in [0, 0.05) is 26.3 Å². The summed E-state index contributed by atoms with van der Waals surface area (Å²) in [6.07, 6.45) is 12.0. The first kappa shape index (κ1) is 35.0. The average molecular weight is 880 g/mol. The van der Waals surface area contributed by atoms with Gasteiger partial charge in [0.25, 0.3) is 0 Å². The molecule has 0 spiro atoms. The SMILES string of the molecule is [CH3][Ge]([CH3])([CH3])[c]1ccc(-c2[c-]cccc2)nc1.[Ir].[c-]1c(-c2cc(CC3CCCCC3)ccn2)cc(-c2ccccc2)c2c1oc1ccccc12. The Morgan fingerprint density at radius 1 is 0.755 bits per heavy atom. The van der Waals surface area contributed by atoms with E-state index >= 15 is 0 Å². The predicted octanol–water partition coefficient (Wildman–Crippen LogP) is 11.3. The van der Waals surface area contributed by atoms with Crippen LogP contribution in [0.1, 0.15) is 37.7 Å². The van der Waals surface area contributed by atoms with Gasteiger partial charge in [-0.05, 0) is 46.5 Å². The van der Waals surface area contributed by atoms with Gasteiger partial charge in [-0.2, -0.15) is 0 Å². The van der Waals surface area contributed by atoms with Gasteiger partial charge in [-0.15, -0.1) is 11.6 Å². The van der Waals surface area contributed by atoms with E-state index < -0.39 is 13.3 Å². The minimum Gasteiger partial charge on any atom is -0.477 e. The van der Waals surface area contributed by atoms with Crippen LogP contribution in [0.3, 0.4) is 0 Å². The molecule has 0 N–H and O–H groups in total. The van der Waals surface area contributed by atoms with E-state index in [0.29, 0.717) is 0 Å². The number of benzene rings is 4. The monoisotopic (exact) mass is 881 g/mol. The van der Waals surface area contributed by atoms with Crippen LogP contribution in [-0.2, 0) is 26.5 Å². The molecular formula is C44H42GeIrN2O-2. The number of furan rings is 1. The molecule has 3 heterocycles. The number of fused-ring (bicyclic) bond motifs is 3. The number of pyridine rings is 2. The number of hydrogen-bond acceptors (Lipinski definition) is 3. The van der Waals surface area contributed by atoms with Crippen molar-refractivity contribution < 1.29 is 24.5 Å². The van der Waals surface area contributed by atoms with E-state index in [1.54, 1.807) is 0 Å². The minimum absolute atomic E-state index is 0. The molecule has 0 saturated heterocycles. The van der Waals surface area contributed by atoms with Crippen LogP contribution in [0.15, 0.2) is 126 Å². The van der Waals surface area contributed by atoms with Crippen molar-refractivity contribution in [3.63, 3.8) is 0 Å². The van der Waals surface area contributed by atoms with E-state index in [0.717, 1.165) is 56.8 Å². The molecule has 1 aliphatic carbocycles. The molecular weight excluding hydrogens is 837 g/mol. The summed E-state index contributed by atoms with van der Waals surface area (Å²) in [6.45, 7) is 0. The third-order valence-electron chi connectivity index (χ3n) is 9.45. The van der Waals surface area contributed by atoms with Crippen LogP contribution < -0.4 is 4.40 Å². The second kappa shape index (κ2) is 15.8. The molecule has 3 nitrogen and oxygen atoms in total. The van der Waals surface area contributed by atoms with Crippen LogP contribution in [0.5, 0.6) is 0 Å². The molecule has 249 valence electrons. The minimum atomic E-state index is -1.72. The fourth-order valence-electron chi connectivity index (χ4n) is 6.78. The standard InChI is InChI=1S/C30H26NO.C14H16GeN.Ir/c1-3-9-21(10-4-1)17-22-15-16-31-27(18-22)24-19-26(23-11-5-2-6-12-23)30-25-13-7-8-14-28(25)32-29(30)20-24;1-15(2,3)13-9-10-14(16-11-13)12-7-5-4-6-8-12;/h2,5-8,11-16,18-19,21H,1,3-4,9-10,17H2;4-7,9-11H,1-3H3;/q2*-1;. The molecule has 0 aliphatic heterocycles. The van der Waals surface area contributed by atoms with E-state index in [-0.39, 0.29) is 20.1 Å². The van der Waals surface area contributed by atoms with Crippen LogP contribution in [0, 0.1) is 18.1 Å². The van der Waals surface area contributed by atoms with Gasteiger partial charge in [-0.1, -0.05) is 104 Å². The molecule has 0 unspecified atom stereocenters. The quantitative estimate of drug-likeness (QED) is 0.123. The molecule has 1 fully saturated rings. The molecule has 0 bridgehead atoms. The van der Waals surface area contributed by atoms with Gasteiger partial charge < -0.3 is 9.40 Å². The summed E-state index contributed by atoms with van der Waals surface area (Å²) in [5, 5.41) is 2.25. The summed E-state index contributed by atoms with van der Waals surface area (Å²) in [7, 11) is 0. The van der Waals surface area contributed by atoms with Gasteiger partial charge >= 0.3 is 99.8 Å². The number of hydrogen-bond donors (Lipinski definition) is 0. The zero-order chi connectivity index (χ0) is 32.9. The summed E-state index contributed by atoms with van der Waals surface area (Å²) < 4.78 is 7.69. The third-order valence-corrected chi connectivity index (χ3v) is 13.7. The van der Waals surface area contributed by atoms with Gasteiger partial charge in [0.2, 0.25) is 0 Å². The van der Waals surface area contributed by atoms with Gasteiger partial charge in [0.05, 0.1) is 5.58 Å². The summed E-state index contributed by atoms with van der Waals surface area (Å²) in [4.78, 5) is 9.26. The summed E-state index contributed by atoms with van der Waals surface area (Å²) in [5.74, 6) is 7.95. The topological polar surface area (TPSA) is 38.9 Å². The zero-order valence-electron chi connectivity index (χ0n) is 28.5. The van der Waals surface area contributed by atoms with Gasteiger partial charge in [-0.3, -0.25) is 0 Å². The molecule has 3 aromatic heterocycles. The fraction of sp³-hybridized carbons (Fsp3) is 0.227. The summed E-state index contributed by atoms with van der Waals surface area (Å²) >= 11 is -1.72. The Morgan fingerprint density at radius 3 is 2.27 bits per heavy atom. The average Bonchev–Trinajstić information content (AvgIpc) is 3.51. The molecule has 5 heteroatoms. The Bertz CT molecular complexity index is 2110. The Kier molecular flexibility index (Phi) is 11.3. The van der Waals surface area contributed by atoms with Crippen LogP contribution in [-0.4, -0.2) is 23.2 Å². The largest absolute Gasteiger partial charge is 0.477 e. The summed E-state index contributed by atoms with van der Waals surface area (Å²) in [6, 6.07) is 44.5. The van der Waals surface area contributed by atoms with E-state index in [2.05, 4.69) is 107 Å². The third kappa shape index (κ3) is 8.32. The van der Waals surface area contributed by atoms with Crippen LogP contribution in [0.4, 0.5) is 0 Å². The van der Waals surface area contributed by atoms with Gasteiger partial charge in [0.15, 0.2) is 0 Å². The molecule has 0 amide bonds. The fourth-order valence-corrected chi connectivity index (χ4v) is 8.95. The van der Waals surface area contributed by atoms with E-state index in [1.807, 2.05) is 48.8 Å². The zero-order valence-corrected chi connectivity index (χ0v) is 33.0. The van der Waals surface area contributed by atoms with Crippen molar-refractivity contribution in [2.45, 2.75) is 55.8 Å². The number of aromatic nitrogens is 2. The maximum absolute atomic E-state index is 6.25. The second-order valence-electron chi connectivity index (χ2n) is 14.0. The van der Waals surface area contributed by atoms with Crippen LogP contribution in [0.25, 0.3) is 55.6 Å². The van der Waals surface area contributed by atoms with Crippen molar-refractivity contribution in [1.82, 2.24) is 9.97 Å².